The molecule has 0 spiro atoms. The third-order valence-electron chi connectivity index (χ3n) is 1.06. The molecular weight excluding hydrogens is 281 g/mol. The fraction of sp³-hybridized carbons (Fsp3) is 0.500. The van der Waals surface area contributed by atoms with Gasteiger partial charge in [-0.25, -0.2) is 0 Å². The van der Waals surface area contributed by atoms with Crippen LogP contribution in [0.3, 0.4) is 0 Å². The van der Waals surface area contributed by atoms with Crippen molar-refractivity contribution in [3.05, 3.63) is 12.7 Å². The summed E-state index contributed by atoms with van der Waals surface area (Å²) in [6.45, 7) is 3.54. The lowest BCUT2D eigenvalue weighted by atomic mass is 10.5. The highest BCUT2D eigenvalue weighted by Crippen LogP contribution is 2.40. The Morgan fingerprint density at radius 1 is 1.36 bits per heavy atom. The molecule has 1 radical (unpaired) electrons. The molecule has 11 heavy (non-hydrogen) atoms. The van der Waals surface area contributed by atoms with Gasteiger partial charge in [-0.05, 0) is 6.42 Å². The van der Waals surface area contributed by atoms with Crippen molar-refractivity contribution in [2.75, 3.05) is 0 Å². The minimum Gasteiger partial charge on any atom is -0.146 e. The molecule has 0 aliphatic rings. The van der Waals surface area contributed by atoms with E-state index in [2.05, 4.69) is 6.58 Å². The molecule has 0 nitrogen and oxygen atoms in total. The van der Waals surface area contributed by atoms with Crippen molar-refractivity contribution in [1.82, 2.24) is 0 Å². The number of rotatable bonds is 4. The Labute approximate surface area is 92.5 Å². The van der Waals surface area contributed by atoms with Crippen LogP contribution in [-0.4, -0.2) is 13.4 Å². The van der Waals surface area contributed by atoms with Gasteiger partial charge in [-0.15, -0.1) is 62.0 Å². The van der Waals surface area contributed by atoms with Gasteiger partial charge in [0, 0.05) is 5.16 Å². The molecule has 1 atom stereocenters. The highest BCUT2D eigenvalue weighted by molar-refractivity contribution is 7.68. The van der Waals surface area contributed by atoms with Gasteiger partial charge >= 0.3 is 6.00 Å². The average Bonchev–Trinajstić information content (AvgIpc) is 1.79. The van der Waals surface area contributed by atoms with Gasteiger partial charge < -0.3 is 0 Å². The summed E-state index contributed by atoms with van der Waals surface area (Å²) in [7, 11) is -1.55. The van der Waals surface area contributed by atoms with Gasteiger partial charge in [0.1, 0.15) is 0 Å². The molecule has 0 bridgehead atoms. The van der Waals surface area contributed by atoms with Gasteiger partial charge in [0.25, 0.3) is 7.42 Å². The Bertz CT molecular complexity index is 131. The number of hydrogen-bond acceptors (Lipinski definition) is 0. The van der Waals surface area contributed by atoms with Crippen molar-refractivity contribution in [3.63, 3.8) is 0 Å². The van der Waals surface area contributed by atoms with Crippen LogP contribution in [0.15, 0.2) is 12.7 Å². The summed E-state index contributed by atoms with van der Waals surface area (Å²) >= 11 is 28.7. The van der Waals surface area contributed by atoms with E-state index in [9.17, 15) is 0 Å². The minimum absolute atomic E-state index is 0.168. The van der Waals surface area contributed by atoms with E-state index in [1.807, 2.05) is 0 Å². The first-order chi connectivity index (χ1) is 4.89. The van der Waals surface area contributed by atoms with Crippen molar-refractivity contribution in [1.29, 1.82) is 0 Å². The fourth-order valence-electron chi connectivity index (χ4n) is 0.513. The zero-order valence-corrected chi connectivity index (χ0v) is 11.2. The van der Waals surface area contributed by atoms with E-state index in [0.29, 0.717) is 6.42 Å². The SMILES string of the molecule is C=CCC([Si](Cl)Cl)[Si](Cl)(Cl)Cl. The van der Waals surface area contributed by atoms with Gasteiger partial charge in [-0.2, -0.15) is 0 Å². The first-order valence-electron chi connectivity index (χ1n) is 2.75. The number of halogens is 5. The summed E-state index contributed by atoms with van der Waals surface area (Å²) < 4.78 is 0. The molecular formula is C4H6Cl5Si2. The van der Waals surface area contributed by atoms with E-state index in [1.165, 1.54) is 0 Å². The molecule has 0 fully saturated rings. The fourth-order valence-corrected chi connectivity index (χ4v) is 12.5. The summed E-state index contributed by atoms with van der Waals surface area (Å²) in [6.07, 6.45) is 2.26. The van der Waals surface area contributed by atoms with Crippen LogP contribution in [0.2, 0.25) is 5.16 Å². The molecule has 0 aromatic carbocycles. The zero-order chi connectivity index (χ0) is 9.07. The lowest BCUT2D eigenvalue weighted by molar-refractivity contribution is 1.12. The molecule has 7 heteroatoms. The molecule has 0 aliphatic heterocycles. The number of allylic oxidation sites excluding steroid dienone is 1. The molecule has 1 unspecified atom stereocenters. The van der Waals surface area contributed by atoms with Crippen molar-refractivity contribution in [2.45, 2.75) is 11.6 Å². The monoisotopic (exact) mass is 285 g/mol. The lowest BCUT2D eigenvalue weighted by Crippen LogP contribution is -2.27. The molecule has 0 N–H and O–H groups in total. The second-order valence-corrected chi connectivity index (χ2v) is 15.7. The third-order valence-corrected chi connectivity index (χ3v) is 11.7. The molecule has 0 aliphatic carbocycles. The van der Waals surface area contributed by atoms with Crippen molar-refractivity contribution >= 4 is 68.8 Å². The Hall–Kier alpha value is 1.62. The molecule has 0 heterocycles. The number of hydrogen-bond donors (Lipinski definition) is 0. The smallest absolute Gasteiger partial charge is 0.146 e. The van der Waals surface area contributed by atoms with Crippen LogP contribution in [0, 0.1) is 0 Å². The van der Waals surface area contributed by atoms with Crippen LogP contribution in [0.5, 0.6) is 0 Å². The maximum absolute atomic E-state index is 5.75. The van der Waals surface area contributed by atoms with Crippen LogP contribution < -0.4 is 0 Å². The first kappa shape index (κ1) is 12.6. The van der Waals surface area contributed by atoms with E-state index in [0.717, 1.165) is 0 Å². The van der Waals surface area contributed by atoms with Crippen molar-refractivity contribution in [3.8, 4) is 0 Å². The lowest BCUT2D eigenvalue weighted by Gasteiger charge is -2.19. The molecule has 0 aromatic rings. The Balaban J connectivity index is 4.21. The van der Waals surface area contributed by atoms with Gasteiger partial charge in [0.05, 0.1) is 0 Å². The molecule has 0 saturated carbocycles. The molecule has 65 valence electrons. The molecule has 0 rings (SSSR count). The van der Waals surface area contributed by atoms with E-state index in [-0.39, 0.29) is 5.16 Å². The predicted molar refractivity (Wildman–Crippen MR) is 59.3 cm³/mol. The van der Waals surface area contributed by atoms with Gasteiger partial charge in [-0.1, -0.05) is 6.08 Å². The quantitative estimate of drug-likeness (QED) is 0.415. The third kappa shape index (κ3) is 5.03. The highest BCUT2D eigenvalue weighted by Gasteiger charge is 2.41. The van der Waals surface area contributed by atoms with Crippen molar-refractivity contribution < 1.29 is 0 Å². The second-order valence-electron chi connectivity index (χ2n) is 1.91. The molecule has 0 amide bonds. The van der Waals surface area contributed by atoms with Crippen LogP contribution in [0.4, 0.5) is 0 Å². The largest absolute Gasteiger partial charge is 0.344 e. The minimum atomic E-state index is -2.74. The predicted octanol–water partition coefficient (Wildman–Crippen LogP) is 4.09. The molecule has 0 saturated heterocycles. The molecule has 0 aromatic heterocycles. The van der Waals surface area contributed by atoms with E-state index < -0.39 is 13.4 Å². The van der Waals surface area contributed by atoms with Crippen molar-refractivity contribution in [2.24, 2.45) is 0 Å². The maximum atomic E-state index is 5.75. The Morgan fingerprint density at radius 3 is 1.91 bits per heavy atom. The van der Waals surface area contributed by atoms with Gasteiger partial charge in [-0.3, -0.25) is 0 Å². The Morgan fingerprint density at radius 2 is 1.82 bits per heavy atom. The van der Waals surface area contributed by atoms with Crippen LogP contribution in [0.25, 0.3) is 0 Å². The van der Waals surface area contributed by atoms with Crippen LogP contribution in [-0.2, 0) is 0 Å². The van der Waals surface area contributed by atoms with Gasteiger partial charge in [0.2, 0.25) is 0 Å². The van der Waals surface area contributed by atoms with E-state index in [1.54, 1.807) is 6.08 Å². The van der Waals surface area contributed by atoms with Crippen LogP contribution >= 0.6 is 55.4 Å². The van der Waals surface area contributed by atoms with E-state index in [4.69, 9.17) is 55.4 Å². The summed E-state index contributed by atoms with van der Waals surface area (Å²) in [5.74, 6) is 0. The normalized spacial score (nSPS) is 15.1. The summed E-state index contributed by atoms with van der Waals surface area (Å²) in [5, 5.41) is -0.168. The first-order valence-corrected chi connectivity index (χ1v) is 11.5. The average molecular weight is 288 g/mol. The topological polar surface area (TPSA) is 0 Å². The standard InChI is InChI=1S/C4H6Cl5Si2/c1-2-3-4(10(5)6)11(7,8)9/h2,4H,1,3H2. The summed E-state index contributed by atoms with van der Waals surface area (Å²) in [4.78, 5) is 0. The maximum Gasteiger partial charge on any atom is 0.344 e. The van der Waals surface area contributed by atoms with Gasteiger partial charge in [0.15, 0.2) is 0 Å². The summed E-state index contributed by atoms with van der Waals surface area (Å²) in [6, 6.07) is -2.74. The summed E-state index contributed by atoms with van der Waals surface area (Å²) in [5.41, 5.74) is 0. The highest BCUT2D eigenvalue weighted by atomic mass is 35.8. The Kier molecular flexibility index (Phi) is 6.17. The zero-order valence-electron chi connectivity index (χ0n) is 5.46. The van der Waals surface area contributed by atoms with E-state index >= 15 is 0 Å². The second kappa shape index (κ2) is 5.37. The van der Waals surface area contributed by atoms with Crippen LogP contribution in [0.1, 0.15) is 6.42 Å².